The summed E-state index contributed by atoms with van der Waals surface area (Å²) in [5.41, 5.74) is 4.83. The number of fused-ring (bicyclic) bond motifs is 3. The van der Waals surface area contributed by atoms with Gasteiger partial charge in [0.1, 0.15) is 47.8 Å². The van der Waals surface area contributed by atoms with Crippen molar-refractivity contribution in [1.82, 2.24) is 35.3 Å². The van der Waals surface area contributed by atoms with Gasteiger partial charge in [-0.2, -0.15) is 0 Å². The number of carbonyl (C=O) groups is 3. The van der Waals surface area contributed by atoms with Crippen molar-refractivity contribution in [1.29, 1.82) is 0 Å². The fourth-order valence-corrected chi connectivity index (χ4v) is 11.0. The second kappa shape index (κ2) is 21.8. The van der Waals surface area contributed by atoms with Gasteiger partial charge in [0.2, 0.25) is 17.7 Å². The largest absolute Gasteiger partial charge is 0.488 e. The molecule has 382 valence electrons. The number of H-pyrrole nitrogens is 1. The molecule has 5 atom stereocenters. The average Bonchev–Trinajstić information content (AvgIpc) is 4.02. The van der Waals surface area contributed by atoms with Gasteiger partial charge in [-0.3, -0.25) is 24.2 Å². The molecule has 0 spiro atoms. The molecular formula is C54H68F3N7O6S. The second-order valence-corrected chi connectivity index (χ2v) is 22.1. The maximum atomic E-state index is 16.2. The van der Waals surface area contributed by atoms with Crippen molar-refractivity contribution in [2.75, 3.05) is 45.9 Å². The topological polar surface area (TPSA) is 152 Å². The van der Waals surface area contributed by atoms with Crippen LogP contribution in [-0.4, -0.2) is 129 Å². The molecule has 17 heteroatoms. The summed E-state index contributed by atoms with van der Waals surface area (Å²) in [6, 6.07) is 15.3. The van der Waals surface area contributed by atoms with Gasteiger partial charge in [-0.05, 0) is 88.1 Å². The number of nitrogens with zero attached hydrogens (tertiary/aromatic N) is 4. The number of aromatic amines is 1. The maximum Gasteiger partial charge on any atom is 0.246 e. The molecular weight excluding hydrogens is 932 g/mol. The third-order valence-corrected chi connectivity index (χ3v) is 14.8. The zero-order valence-electron chi connectivity index (χ0n) is 41.8. The van der Waals surface area contributed by atoms with E-state index in [0.717, 1.165) is 57.6 Å². The van der Waals surface area contributed by atoms with Crippen LogP contribution in [-0.2, 0) is 32.1 Å². The first-order valence-electron chi connectivity index (χ1n) is 24.8. The van der Waals surface area contributed by atoms with Gasteiger partial charge in [0.25, 0.3) is 0 Å². The predicted octanol–water partition coefficient (Wildman–Crippen LogP) is 8.02. The number of β-amino-alcohol motifs (C(OH)–C–C–N with tert-alkyl or cyclic N) is 1. The van der Waals surface area contributed by atoms with E-state index in [1.165, 1.54) is 30.9 Å². The number of likely N-dealkylation sites (tertiary alicyclic amines) is 2. The highest BCUT2D eigenvalue weighted by atomic mass is 32.1. The SMILES string of the molecule is Cc1ncsc1-c1ccc(CNC(=O)[C@@H]2C[C@@H](O)CN2C(=O)C(NC(=O)COCCCCCN2CC(Oc3cc(F)c([C@@H]4c5[nH]c6ccccc6c5C[C@@H](C)N4CC(C)(C)F)c(F)c3)C2)C(C)(C)C)cc1. The lowest BCUT2D eigenvalue weighted by Gasteiger charge is -2.43. The van der Waals surface area contributed by atoms with E-state index >= 15 is 13.2 Å². The first kappa shape index (κ1) is 52.0. The number of para-hydroxylation sites is 1. The number of ether oxygens (including phenoxy) is 2. The number of hydrogen-bond donors (Lipinski definition) is 4. The van der Waals surface area contributed by atoms with Crippen LogP contribution in [0.2, 0.25) is 0 Å². The molecule has 13 nitrogen and oxygen atoms in total. The first-order valence-corrected chi connectivity index (χ1v) is 25.7. The Hall–Kier alpha value is -5.33. The highest BCUT2D eigenvalue weighted by Crippen LogP contribution is 2.44. The molecule has 0 bridgehead atoms. The van der Waals surface area contributed by atoms with Crippen molar-refractivity contribution in [2.24, 2.45) is 5.41 Å². The number of aliphatic hydroxyl groups is 1. The van der Waals surface area contributed by atoms with Crippen molar-refractivity contribution < 1.29 is 42.1 Å². The van der Waals surface area contributed by atoms with Crippen molar-refractivity contribution in [3.05, 3.63) is 106 Å². The molecule has 0 radical (unpaired) electrons. The number of thiazole rings is 1. The minimum absolute atomic E-state index is 0.000500. The summed E-state index contributed by atoms with van der Waals surface area (Å²) in [4.78, 5) is 54.8. The van der Waals surface area contributed by atoms with Crippen LogP contribution in [0.25, 0.3) is 21.3 Å². The van der Waals surface area contributed by atoms with Gasteiger partial charge in [0.15, 0.2) is 0 Å². The van der Waals surface area contributed by atoms with Crippen molar-refractivity contribution in [2.45, 2.75) is 129 Å². The number of carbonyl (C=O) groups excluding carboxylic acids is 3. The molecule has 0 saturated carbocycles. The highest BCUT2D eigenvalue weighted by molar-refractivity contribution is 7.13. The summed E-state index contributed by atoms with van der Waals surface area (Å²) < 4.78 is 59.3. The number of aliphatic hydroxyl groups excluding tert-OH is 1. The van der Waals surface area contributed by atoms with Crippen molar-refractivity contribution >= 4 is 40.0 Å². The van der Waals surface area contributed by atoms with E-state index < -0.39 is 58.8 Å². The van der Waals surface area contributed by atoms with Crippen LogP contribution in [0.1, 0.15) is 101 Å². The monoisotopic (exact) mass is 999 g/mol. The molecule has 8 rings (SSSR count). The molecule has 3 aliphatic rings. The lowest BCUT2D eigenvalue weighted by atomic mass is 9.85. The lowest BCUT2D eigenvalue weighted by molar-refractivity contribution is -0.144. The van der Waals surface area contributed by atoms with E-state index in [4.69, 9.17) is 9.47 Å². The third-order valence-electron chi connectivity index (χ3n) is 13.8. The van der Waals surface area contributed by atoms with E-state index in [1.54, 1.807) is 11.3 Å². The van der Waals surface area contributed by atoms with Gasteiger partial charge in [0.05, 0.1) is 28.2 Å². The molecule has 4 N–H and O–H groups in total. The zero-order chi connectivity index (χ0) is 50.8. The minimum Gasteiger partial charge on any atom is -0.488 e. The Morgan fingerprint density at radius 2 is 1.70 bits per heavy atom. The van der Waals surface area contributed by atoms with E-state index in [1.807, 2.05) is 93.6 Å². The van der Waals surface area contributed by atoms with Gasteiger partial charge in [-0.15, -0.1) is 11.3 Å². The van der Waals surface area contributed by atoms with Crippen molar-refractivity contribution in [3.8, 4) is 16.2 Å². The minimum atomic E-state index is -1.59. The van der Waals surface area contributed by atoms with Crippen LogP contribution in [0, 0.1) is 24.0 Å². The number of nitrogens with one attached hydrogen (secondary N) is 3. The van der Waals surface area contributed by atoms with Crippen LogP contribution in [0.4, 0.5) is 13.2 Å². The number of rotatable bonds is 19. The summed E-state index contributed by atoms with van der Waals surface area (Å²) in [6.07, 6.45) is 2.04. The summed E-state index contributed by atoms with van der Waals surface area (Å²) in [7, 11) is 0. The maximum absolute atomic E-state index is 16.2. The average molecular weight is 1000 g/mol. The summed E-state index contributed by atoms with van der Waals surface area (Å²) in [6.45, 7) is 14.8. The zero-order valence-corrected chi connectivity index (χ0v) is 42.6. The number of benzene rings is 3. The van der Waals surface area contributed by atoms with Gasteiger partial charge >= 0.3 is 0 Å². The normalized spacial score (nSPS) is 20.5. The lowest BCUT2D eigenvalue weighted by Crippen LogP contribution is -2.58. The fourth-order valence-electron chi connectivity index (χ4n) is 10.2. The summed E-state index contributed by atoms with van der Waals surface area (Å²) in [5.74, 6) is -2.63. The molecule has 5 heterocycles. The second-order valence-electron chi connectivity index (χ2n) is 21.3. The Bertz CT molecular complexity index is 2650. The number of alkyl halides is 1. The number of amides is 3. The Kier molecular flexibility index (Phi) is 16.0. The van der Waals surface area contributed by atoms with Gasteiger partial charge < -0.3 is 35.1 Å². The molecule has 0 aliphatic carbocycles. The number of aromatic nitrogens is 2. The van der Waals surface area contributed by atoms with Gasteiger partial charge in [0, 0.05) is 86.1 Å². The number of hydrogen-bond acceptors (Lipinski definition) is 10. The molecule has 1 unspecified atom stereocenters. The molecule has 3 aliphatic heterocycles. The van der Waals surface area contributed by atoms with Crippen LogP contribution >= 0.6 is 11.3 Å². The predicted molar refractivity (Wildman–Crippen MR) is 269 cm³/mol. The van der Waals surface area contributed by atoms with Crippen LogP contribution in [0.3, 0.4) is 0 Å². The molecule has 3 aromatic carbocycles. The smallest absolute Gasteiger partial charge is 0.246 e. The highest BCUT2D eigenvalue weighted by Gasteiger charge is 2.45. The van der Waals surface area contributed by atoms with Crippen LogP contribution in [0.15, 0.2) is 66.2 Å². The van der Waals surface area contributed by atoms with Crippen LogP contribution < -0.4 is 15.4 Å². The number of aryl methyl sites for hydroxylation is 1. The quantitative estimate of drug-likeness (QED) is 0.0603. The van der Waals surface area contributed by atoms with Crippen LogP contribution in [0.5, 0.6) is 5.75 Å². The molecule has 2 aromatic heterocycles. The van der Waals surface area contributed by atoms with Crippen molar-refractivity contribution in [3.63, 3.8) is 0 Å². The number of halogens is 3. The van der Waals surface area contributed by atoms with E-state index in [9.17, 15) is 19.5 Å². The Labute approximate surface area is 418 Å². The third kappa shape index (κ3) is 12.3. The molecule has 3 amide bonds. The molecule has 5 aromatic rings. The van der Waals surface area contributed by atoms with Gasteiger partial charge in [-0.25, -0.2) is 18.2 Å². The summed E-state index contributed by atoms with van der Waals surface area (Å²) in [5, 5.41) is 17.3. The summed E-state index contributed by atoms with van der Waals surface area (Å²) >= 11 is 1.57. The Morgan fingerprint density at radius 3 is 2.38 bits per heavy atom. The molecule has 2 fully saturated rings. The van der Waals surface area contributed by atoms with E-state index in [0.29, 0.717) is 38.2 Å². The Balaban J connectivity index is 0.752. The standard InChI is InChI=1S/C54H68F3N7O6S/c1-32-21-40-39-13-9-10-14-43(39)60-47(40)48(64(32)30-54(6,7)57)46-41(55)23-37(24-42(46)56)70-38-27-62(28-38)19-11-8-12-20-69-29-45(66)61-50(53(3,4)5)52(68)63-26-36(65)22-44(63)51(67)58-25-34-15-17-35(18-16-34)49-33(2)59-31-71-49/h9-10,13-18,23-24,31-32,36,38,44,48,50,60,65H,8,11-12,19-22,25-30H2,1-7H3,(H,58,67)(H,61,66)/t32-,36-,44+,48-,50?/m1/s1. The molecule has 2 saturated heterocycles. The Morgan fingerprint density at radius 1 is 0.986 bits per heavy atom. The number of unbranched alkanes of at least 4 members (excludes halogenated alkanes) is 2. The van der Waals surface area contributed by atoms with Gasteiger partial charge in [-0.1, -0.05) is 63.2 Å². The van der Waals surface area contributed by atoms with E-state index in [2.05, 4.69) is 25.5 Å². The molecule has 71 heavy (non-hydrogen) atoms. The fraction of sp³-hybridized carbons (Fsp3) is 0.519. The van der Waals surface area contributed by atoms with E-state index in [-0.39, 0.29) is 62.0 Å². The first-order chi connectivity index (χ1) is 33.7.